The third kappa shape index (κ3) is 5.82. The zero-order chi connectivity index (χ0) is 20.2. The molecule has 7 nitrogen and oxygen atoms in total. The van der Waals surface area contributed by atoms with Crippen molar-refractivity contribution in [1.29, 1.82) is 0 Å². The van der Waals surface area contributed by atoms with Crippen molar-refractivity contribution in [3.63, 3.8) is 0 Å². The van der Waals surface area contributed by atoms with Crippen molar-refractivity contribution < 1.29 is 23.5 Å². The number of carbonyl (C=O) groups is 2. The van der Waals surface area contributed by atoms with Gasteiger partial charge in [-0.05, 0) is 38.5 Å². The van der Waals surface area contributed by atoms with Crippen LogP contribution in [-0.4, -0.2) is 54.8 Å². The van der Waals surface area contributed by atoms with Gasteiger partial charge in [-0.1, -0.05) is 13.0 Å². The van der Waals surface area contributed by atoms with Gasteiger partial charge in [0.15, 0.2) is 0 Å². The van der Waals surface area contributed by atoms with Crippen LogP contribution in [0.1, 0.15) is 39.2 Å². The summed E-state index contributed by atoms with van der Waals surface area (Å²) in [6.45, 7) is 8.73. The molecule has 1 aromatic carbocycles. The van der Waals surface area contributed by atoms with Crippen LogP contribution in [0.2, 0.25) is 0 Å². The van der Waals surface area contributed by atoms with E-state index < -0.39 is 29.5 Å². The first-order valence-electron chi connectivity index (χ1n) is 8.99. The molecule has 8 heteroatoms. The van der Waals surface area contributed by atoms with Crippen molar-refractivity contribution in [3.8, 4) is 0 Å². The zero-order valence-electron chi connectivity index (χ0n) is 16.3. The molecule has 1 heterocycles. The van der Waals surface area contributed by atoms with Crippen molar-refractivity contribution in [2.24, 2.45) is 0 Å². The van der Waals surface area contributed by atoms with Gasteiger partial charge in [-0.15, -0.1) is 0 Å². The number of benzene rings is 1. The van der Waals surface area contributed by atoms with Crippen molar-refractivity contribution in [1.82, 2.24) is 10.2 Å². The number of hydrogen-bond acceptors (Lipinski definition) is 5. The van der Waals surface area contributed by atoms with Crippen LogP contribution in [0.25, 0.3) is 0 Å². The normalized spacial score (nSPS) is 17.1. The fourth-order valence-electron chi connectivity index (χ4n) is 2.83. The van der Waals surface area contributed by atoms with Gasteiger partial charge in [-0.25, -0.2) is 9.18 Å². The number of amides is 2. The number of carbonyl (C=O) groups excluding carboxylic acids is 2. The third-order valence-corrected chi connectivity index (χ3v) is 4.31. The summed E-state index contributed by atoms with van der Waals surface area (Å²) in [5.74, 6) is -1.30. The number of anilines is 1. The zero-order valence-corrected chi connectivity index (χ0v) is 16.3. The first-order chi connectivity index (χ1) is 12.6. The summed E-state index contributed by atoms with van der Waals surface area (Å²) in [7, 11) is 0. The molecule has 1 saturated heterocycles. The average molecular weight is 381 g/mol. The lowest BCUT2D eigenvalue weighted by atomic mass is 9.92. The standard InChI is InChI=1S/C19H28FN3O4/c1-12(13-5-6-15(21)14(20)11-13)16(22-18(25)27-19(2,3)4)17(24)23-7-9-26-10-8-23/h5-6,11-12,16H,7-10,21H2,1-4H3,(H,22,25)/t12-,16+/m0/s1. The number of morpholine rings is 1. The summed E-state index contributed by atoms with van der Waals surface area (Å²) in [6, 6.07) is 3.49. The smallest absolute Gasteiger partial charge is 0.408 e. The minimum atomic E-state index is -0.902. The number of nitrogens with one attached hydrogen (secondary N) is 1. The van der Waals surface area contributed by atoms with Gasteiger partial charge in [0, 0.05) is 19.0 Å². The quantitative estimate of drug-likeness (QED) is 0.781. The summed E-state index contributed by atoms with van der Waals surface area (Å²) in [5.41, 5.74) is 5.43. The monoisotopic (exact) mass is 381 g/mol. The SMILES string of the molecule is C[C@@H](c1ccc(N)c(F)c1)[C@@H](NC(=O)OC(C)(C)C)C(=O)N1CCOCC1. The van der Waals surface area contributed by atoms with Crippen molar-refractivity contribution in [3.05, 3.63) is 29.6 Å². The van der Waals surface area contributed by atoms with Crippen LogP contribution >= 0.6 is 0 Å². The van der Waals surface area contributed by atoms with E-state index in [4.69, 9.17) is 15.2 Å². The van der Waals surface area contributed by atoms with Gasteiger partial charge in [0.25, 0.3) is 0 Å². The van der Waals surface area contributed by atoms with E-state index >= 15 is 0 Å². The number of nitrogens with two attached hydrogens (primary N) is 1. The fourth-order valence-corrected chi connectivity index (χ4v) is 2.83. The molecule has 150 valence electrons. The molecule has 2 atom stereocenters. The largest absolute Gasteiger partial charge is 0.444 e. The Morgan fingerprint density at radius 3 is 2.48 bits per heavy atom. The highest BCUT2D eigenvalue weighted by molar-refractivity contribution is 5.87. The van der Waals surface area contributed by atoms with Crippen LogP contribution in [0.4, 0.5) is 14.9 Å². The summed E-state index contributed by atoms with van der Waals surface area (Å²) in [4.78, 5) is 27.0. The lowest BCUT2D eigenvalue weighted by molar-refractivity contribution is -0.138. The molecule has 1 aliphatic rings. The predicted octanol–water partition coefficient (Wildman–Crippen LogP) is 2.26. The van der Waals surface area contributed by atoms with Crippen LogP contribution in [0.15, 0.2) is 18.2 Å². The molecule has 0 bridgehead atoms. The van der Waals surface area contributed by atoms with E-state index in [1.165, 1.54) is 12.1 Å². The van der Waals surface area contributed by atoms with E-state index in [2.05, 4.69) is 5.32 Å². The number of nitrogens with zero attached hydrogens (tertiary/aromatic N) is 1. The summed E-state index contributed by atoms with van der Waals surface area (Å²) < 4.78 is 24.5. The Hall–Kier alpha value is -2.35. The molecule has 0 saturated carbocycles. The van der Waals surface area contributed by atoms with Crippen molar-refractivity contribution in [2.75, 3.05) is 32.0 Å². The molecule has 0 spiro atoms. The highest BCUT2D eigenvalue weighted by Crippen LogP contribution is 2.24. The van der Waals surface area contributed by atoms with Crippen molar-refractivity contribution >= 4 is 17.7 Å². The number of nitrogen functional groups attached to an aromatic ring is 1. The van der Waals surface area contributed by atoms with E-state index in [1.54, 1.807) is 38.7 Å². The molecule has 0 radical (unpaired) electrons. The van der Waals surface area contributed by atoms with Crippen LogP contribution in [0.3, 0.4) is 0 Å². The van der Waals surface area contributed by atoms with Crippen LogP contribution in [0, 0.1) is 5.82 Å². The Morgan fingerprint density at radius 2 is 1.93 bits per heavy atom. The second kappa shape index (κ2) is 8.56. The number of alkyl carbamates (subject to hydrolysis) is 1. The molecule has 1 aliphatic heterocycles. The Morgan fingerprint density at radius 1 is 1.30 bits per heavy atom. The minimum absolute atomic E-state index is 0.0297. The maximum atomic E-state index is 13.9. The number of halogens is 1. The Kier molecular flexibility index (Phi) is 6.64. The molecule has 3 N–H and O–H groups in total. The topological polar surface area (TPSA) is 93.9 Å². The summed E-state index contributed by atoms with van der Waals surface area (Å²) in [5, 5.41) is 2.66. The lowest BCUT2D eigenvalue weighted by Gasteiger charge is -2.33. The highest BCUT2D eigenvalue weighted by atomic mass is 19.1. The Bertz CT molecular complexity index is 684. The van der Waals surface area contributed by atoms with E-state index in [1.807, 2.05) is 0 Å². The van der Waals surface area contributed by atoms with Gasteiger partial charge < -0.3 is 25.4 Å². The van der Waals surface area contributed by atoms with E-state index in [-0.39, 0.29) is 11.6 Å². The second-order valence-corrected chi connectivity index (χ2v) is 7.63. The molecule has 2 amide bonds. The molecule has 27 heavy (non-hydrogen) atoms. The molecule has 0 unspecified atom stereocenters. The fraction of sp³-hybridized carbons (Fsp3) is 0.579. The number of hydrogen-bond donors (Lipinski definition) is 2. The van der Waals surface area contributed by atoms with E-state index in [0.29, 0.717) is 31.9 Å². The Balaban J connectivity index is 2.25. The number of rotatable bonds is 4. The summed E-state index contributed by atoms with van der Waals surface area (Å²) >= 11 is 0. The first-order valence-corrected chi connectivity index (χ1v) is 8.99. The number of ether oxygens (including phenoxy) is 2. The molecular weight excluding hydrogens is 353 g/mol. The second-order valence-electron chi connectivity index (χ2n) is 7.63. The van der Waals surface area contributed by atoms with Gasteiger partial charge in [0.05, 0.1) is 18.9 Å². The van der Waals surface area contributed by atoms with Gasteiger partial charge >= 0.3 is 6.09 Å². The molecule has 1 fully saturated rings. The van der Waals surface area contributed by atoms with Crippen LogP contribution in [-0.2, 0) is 14.3 Å². The van der Waals surface area contributed by atoms with Gasteiger partial charge in [-0.3, -0.25) is 4.79 Å². The molecule has 0 aromatic heterocycles. The maximum absolute atomic E-state index is 13.9. The third-order valence-electron chi connectivity index (χ3n) is 4.31. The summed E-state index contributed by atoms with van der Waals surface area (Å²) in [6.07, 6.45) is -0.697. The van der Waals surface area contributed by atoms with Gasteiger partial charge in [0.1, 0.15) is 17.5 Å². The van der Waals surface area contributed by atoms with E-state index in [0.717, 1.165) is 0 Å². The molecular formula is C19H28FN3O4. The average Bonchev–Trinajstić information content (AvgIpc) is 2.60. The highest BCUT2D eigenvalue weighted by Gasteiger charge is 2.34. The van der Waals surface area contributed by atoms with Crippen molar-refractivity contribution in [2.45, 2.75) is 45.3 Å². The van der Waals surface area contributed by atoms with E-state index in [9.17, 15) is 14.0 Å². The van der Waals surface area contributed by atoms with Gasteiger partial charge in [0.2, 0.25) is 5.91 Å². The molecule has 0 aliphatic carbocycles. The van der Waals surface area contributed by atoms with Gasteiger partial charge in [-0.2, -0.15) is 0 Å². The lowest BCUT2D eigenvalue weighted by Crippen LogP contribution is -2.54. The predicted molar refractivity (Wildman–Crippen MR) is 99.8 cm³/mol. The minimum Gasteiger partial charge on any atom is -0.444 e. The van der Waals surface area contributed by atoms with Crippen LogP contribution in [0.5, 0.6) is 0 Å². The van der Waals surface area contributed by atoms with Crippen LogP contribution < -0.4 is 11.1 Å². The maximum Gasteiger partial charge on any atom is 0.408 e. The Labute approximate surface area is 159 Å². The molecule has 1 aromatic rings. The molecule has 2 rings (SSSR count). The first kappa shape index (κ1) is 21.0.